The van der Waals surface area contributed by atoms with Crippen molar-refractivity contribution >= 4 is 24.0 Å². The zero-order valence-electron chi connectivity index (χ0n) is 14.2. The Labute approximate surface area is 146 Å². The maximum atomic E-state index is 12.1. The molecule has 25 heavy (non-hydrogen) atoms. The molecule has 0 aliphatic carbocycles. The van der Waals surface area contributed by atoms with Gasteiger partial charge in [0.15, 0.2) is 11.6 Å². The highest BCUT2D eigenvalue weighted by atomic mass is 16.1. The van der Waals surface area contributed by atoms with Gasteiger partial charge in [0.25, 0.3) is 0 Å². The quantitative estimate of drug-likeness (QED) is 0.830. The van der Waals surface area contributed by atoms with Crippen molar-refractivity contribution in [3.8, 4) is 0 Å². The Morgan fingerprint density at radius 3 is 2.60 bits per heavy atom. The summed E-state index contributed by atoms with van der Waals surface area (Å²) in [4.78, 5) is 26.7. The Kier molecular flexibility index (Phi) is 5.23. The Morgan fingerprint density at radius 2 is 1.96 bits per heavy atom. The molecule has 1 aromatic carbocycles. The number of hydrogen-bond donors (Lipinski definition) is 1. The van der Waals surface area contributed by atoms with Crippen molar-refractivity contribution in [2.75, 3.05) is 36.4 Å². The van der Waals surface area contributed by atoms with Gasteiger partial charge in [0.2, 0.25) is 12.3 Å². The summed E-state index contributed by atoms with van der Waals surface area (Å²) in [5, 5.41) is 11.0. The molecule has 0 unspecified atom stereocenters. The fraction of sp³-hybridized carbons (Fsp3) is 0.333. The smallest absolute Gasteiger partial charge is 0.229 e. The molecular formula is C18H21N5O2. The van der Waals surface area contributed by atoms with Gasteiger partial charge >= 0.3 is 0 Å². The van der Waals surface area contributed by atoms with E-state index in [9.17, 15) is 9.59 Å². The summed E-state index contributed by atoms with van der Waals surface area (Å²) in [7, 11) is 0. The van der Waals surface area contributed by atoms with E-state index in [2.05, 4.69) is 20.4 Å². The molecule has 3 rings (SSSR count). The third-order valence-electron chi connectivity index (χ3n) is 4.15. The van der Waals surface area contributed by atoms with Gasteiger partial charge in [-0.2, -0.15) is 0 Å². The van der Waals surface area contributed by atoms with E-state index in [1.165, 1.54) is 0 Å². The largest absolute Gasteiger partial charge is 0.352 e. The number of carbonyl (C=O) groups excluding carboxylic acids is 2. The highest BCUT2D eigenvalue weighted by molar-refractivity contribution is 5.91. The monoisotopic (exact) mass is 339 g/mol. The zero-order valence-corrected chi connectivity index (χ0v) is 14.2. The topological polar surface area (TPSA) is 78.4 Å². The number of piperazine rings is 1. The average molecular weight is 339 g/mol. The van der Waals surface area contributed by atoms with E-state index < -0.39 is 0 Å². The van der Waals surface area contributed by atoms with E-state index in [1.54, 1.807) is 11.0 Å². The summed E-state index contributed by atoms with van der Waals surface area (Å²) in [6.45, 7) is 4.82. The fourth-order valence-electron chi connectivity index (χ4n) is 2.81. The van der Waals surface area contributed by atoms with Crippen molar-refractivity contribution in [2.24, 2.45) is 0 Å². The molecule has 1 aliphatic heterocycles. The van der Waals surface area contributed by atoms with Crippen LogP contribution in [0.1, 0.15) is 11.1 Å². The molecule has 0 bridgehead atoms. The van der Waals surface area contributed by atoms with Crippen molar-refractivity contribution in [3.05, 3.63) is 47.5 Å². The highest BCUT2D eigenvalue weighted by Gasteiger charge is 2.17. The lowest BCUT2D eigenvalue weighted by molar-refractivity contribution is -0.118. The summed E-state index contributed by atoms with van der Waals surface area (Å²) in [5.74, 6) is 1.07. The van der Waals surface area contributed by atoms with Crippen LogP contribution in [0.15, 0.2) is 36.4 Å². The second-order valence-corrected chi connectivity index (χ2v) is 6.12. The molecule has 7 heteroatoms. The van der Waals surface area contributed by atoms with Crippen molar-refractivity contribution in [2.45, 2.75) is 13.3 Å². The van der Waals surface area contributed by atoms with E-state index in [0.717, 1.165) is 36.4 Å². The third kappa shape index (κ3) is 4.53. The van der Waals surface area contributed by atoms with Crippen LogP contribution >= 0.6 is 0 Å². The predicted molar refractivity (Wildman–Crippen MR) is 95.4 cm³/mol. The van der Waals surface area contributed by atoms with Gasteiger partial charge in [-0.3, -0.25) is 9.59 Å². The molecule has 1 aliphatic rings. The van der Waals surface area contributed by atoms with E-state index in [0.29, 0.717) is 25.3 Å². The van der Waals surface area contributed by atoms with Gasteiger partial charge < -0.3 is 15.1 Å². The van der Waals surface area contributed by atoms with E-state index in [-0.39, 0.29) is 5.91 Å². The van der Waals surface area contributed by atoms with Crippen molar-refractivity contribution < 1.29 is 9.59 Å². The van der Waals surface area contributed by atoms with Crippen molar-refractivity contribution in [1.29, 1.82) is 0 Å². The number of aryl methyl sites for hydroxylation is 1. The third-order valence-corrected chi connectivity index (χ3v) is 4.15. The number of carbonyl (C=O) groups is 2. The first-order chi connectivity index (χ1) is 12.1. The SMILES string of the molecule is Cc1cccc(CC(=O)Nc2ccc(N3CCN(C=O)CC3)nn2)c1. The molecule has 1 saturated heterocycles. The maximum Gasteiger partial charge on any atom is 0.229 e. The normalized spacial score (nSPS) is 14.3. The molecule has 130 valence electrons. The van der Waals surface area contributed by atoms with Crippen LogP contribution in [-0.2, 0) is 16.0 Å². The lowest BCUT2D eigenvalue weighted by Crippen LogP contribution is -2.46. The number of rotatable bonds is 5. The first-order valence-corrected chi connectivity index (χ1v) is 8.27. The summed E-state index contributed by atoms with van der Waals surface area (Å²) in [5.41, 5.74) is 2.10. The van der Waals surface area contributed by atoms with Crippen LogP contribution in [0.3, 0.4) is 0 Å². The minimum absolute atomic E-state index is 0.118. The lowest BCUT2D eigenvalue weighted by Gasteiger charge is -2.32. The summed E-state index contributed by atoms with van der Waals surface area (Å²) < 4.78 is 0. The van der Waals surface area contributed by atoms with Crippen LogP contribution in [0.2, 0.25) is 0 Å². The molecule has 0 atom stereocenters. The molecule has 1 fully saturated rings. The number of hydrogen-bond acceptors (Lipinski definition) is 5. The van der Waals surface area contributed by atoms with Gasteiger partial charge in [-0.05, 0) is 24.6 Å². The van der Waals surface area contributed by atoms with E-state index in [4.69, 9.17) is 0 Å². The second-order valence-electron chi connectivity index (χ2n) is 6.12. The van der Waals surface area contributed by atoms with Gasteiger partial charge in [-0.1, -0.05) is 29.8 Å². The molecule has 0 saturated carbocycles. The summed E-state index contributed by atoms with van der Waals surface area (Å²) in [6.07, 6.45) is 1.18. The number of amides is 2. The van der Waals surface area contributed by atoms with Crippen LogP contribution in [0.25, 0.3) is 0 Å². The Hall–Kier alpha value is -2.96. The van der Waals surface area contributed by atoms with Gasteiger partial charge in [0.1, 0.15) is 0 Å². The fourth-order valence-corrected chi connectivity index (χ4v) is 2.81. The molecule has 2 aromatic rings. The van der Waals surface area contributed by atoms with Gasteiger partial charge in [-0.25, -0.2) is 0 Å². The molecule has 1 N–H and O–H groups in total. The van der Waals surface area contributed by atoms with Crippen LogP contribution < -0.4 is 10.2 Å². The average Bonchev–Trinajstić information content (AvgIpc) is 2.62. The van der Waals surface area contributed by atoms with Crippen LogP contribution in [0.5, 0.6) is 0 Å². The molecule has 7 nitrogen and oxygen atoms in total. The zero-order chi connectivity index (χ0) is 17.6. The highest BCUT2D eigenvalue weighted by Crippen LogP contribution is 2.14. The van der Waals surface area contributed by atoms with Crippen molar-refractivity contribution in [1.82, 2.24) is 15.1 Å². The van der Waals surface area contributed by atoms with Crippen molar-refractivity contribution in [3.63, 3.8) is 0 Å². The minimum atomic E-state index is -0.118. The molecule has 0 spiro atoms. The number of benzene rings is 1. The second kappa shape index (κ2) is 7.74. The van der Waals surface area contributed by atoms with Gasteiger partial charge in [-0.15, -0.1) is 10.2 Å². The van der Waals surface area contributed by atoms with E-state index in [1.807, 2.05) is 37.3 Å². The predicted octanol–water partition coefficient (Wildman–Crippen LogP) is 1.24. The Morgan fingerprint density at radius 1 is 1.16 bits per heavy atom. The molecule has 2 amide bonds. The van der Waals surface area contributed by atoms with Crippen LogP contribution in [0, 0.1) is 6.92 Å². The van der Waals surface area contributed by atoms with Crippen LogP contribution in [-0.4, -0.2) is 53.6 Å². The lowest BCUT2D eigenvalue weighted by atomic mass is 10.1. The molecule has 1 aromatic heterocycles. The molecule has 0 radical (unpaired) electrons. The maximum absolute atomic E-state index is 12.1. The number of nitrogens with zero attached hydrogens (tertiary/aromatic N) is 4. The first-order valence-electron chi connectivity index (χ1n) is 8.27. The number of nitrogens with one attached hydrogen (secondary N) is 1. The first kappa shape index (κ1) is 16.9. The van der Waals surface area contributed by atoms with Crippen LogP contribution in [0.4, 0.5) is 11.6 Å². The summed E-state index contributed by atoms with van der Waals surface area (Å²) in [6, 6.07) is 11.5. The summed E-state index contributed by atoms with van der Waals surface area (Å²) >= 11 is 0. The number of aromatic nitrogens is 2. The standard InChI is InChI=1S/C18H21N5O2/c1-14-3-2-4-15(11-14)12-18(25)19-16-5-6-17(21-20-16)23-9-7-22(13-24)8-10-23/h2-6,11,13H,7-10,12H2,1H3,(H,19,20,25). The Balaban J connectivity index is 1.55. The number of anilines is 2. The Bertz CT molecular complexity index is 739. The van der Waals surface area contributed by atoms with Gasteiger partial charge in [0, 0.05) is 26.2 Å². The van der Waals surface area contributed by atoms with E-state index >= 15 is 0 Å². The minimum Gasteiger partial charge on any atom is -0.352 e. The molecular weight excluding hydrogens is 318 g/mol. The molecule has 2 heterocycles. The van der Waals surface area contributed by atoms with Gasteiger partial charge in [0.05, 0.1) is 6.42 Å².